The summed E-state index contributed by atoms with van der Waals surface area (Å²) in [7, 11) is 0. The lowest BCUT2D eigenvalue weighted by Crippen LogP contribution is -2.23. The summed E-state index contributed by atoms with van der Waals surface area (Å²) in [6.07, 6.45) is 2.37. The van der Waals surface area contributed by atoms with Crippen molar-refractivity contribution in [2.24, 2.45) is 0 Å². The molecule has 0 aliphatic carbocycles. The first-order valence-electron chi connectivity index (χ1n) is 5.77. The van der Waals surface area contributed by atoms with Gasteiger partial charge in [-0.25, -0.2) is 4.79 Å². The Kier molecular flexibility index (Phi) is 6.82. The summed E-state index contributed by atoms with van der Waals surface area (Å²) in [5.41, 5.74) is 3.14. The molecule has 0 unspecified atom stereocenters. The molecule has 1 aromatic rings. The Morgan fingerprint density at radius 1 is 1.35 bits per heavy atom. The van der Waals surface area contributed by atoms with E-state index in [0.717, 1.165) is 24.8 Å². The first-order valence-corrected chi connectivity index (χ1v) is 5.77. The van der Waals surface area contributed by atoms with Crippen LogP contribution < -0.4 is 5.48 Å². The third-order valence-electron chi connectivity index (χ3n) is 2.11. The number of hydrogen-bond acceptors (Lipinski definition) is 3. The summed E-state index contributed by atoms with van der Waals surface area (Å²) in [4.78, 5) is 16.0. The topological polar surface area (TPSA) is 47.6 Å². The van der Waals surface area contributed by atoms with Gasteiger partial charge in [-0.2, -0.15) is 5.48 Å². The van der Waals surface area contributed by atoms with Crippen molar-refractivity contribution in [1.82, 2.24) is 5.48 Å². The monoisotopic (exact) mass is 236 g/mol. The second-order valence-corrected chi connectivity index (χ2v) is 3.59. The van der Waals surface area contributed by atoms with Crippen molar-refractivity contribution in [3.63, 3.8) is 0 Å². The Morgan fingerprint density at radius 2 is 2.12 bits per heavy atom. The largest absolute Gasteiger partial charge is 0.443 e. The summed E-state index contributed by atoms with van der Waals surface area (Å²) < 4.78 is 4.94. The minimum absolute atomic E-state index is 0.241. The molecule has 1 rings (SSSR count). The average molecular weight is 236 g/mol. The first-order chi connectivity index (χ1) is 8.33. The third-order valence-corrected chi connectivity index (χ3v) is 2.11. The van der Waals surface area contributed by atoms with E-state index < -0.39 is 6.09 Å². The normalized spacial score (nSPS) is 9.94. The van der Waals surface area contributed by atoms with Gasteiger partial charge in [0.25, 0.3) is 0 Å². The van der Waals surface area contributed by atoms with Crippen LogP contribution in [0.4, 0.5) is 4.79 Å². The Morgan fingerprint density at radius 3 is 2.82 bits per heavy atom. The zero-order valence-corrected chi connectivity index (χ0v) is 10.0. The summed E-state index contributed by atoms with van der Waals surface area (Å²) >= 11 is 0. The van der Waals surface area contributed by atoms with E-state index in [1.165, 1.54) is 0 Å². The lowest BCUT2D eigenvalue weighted by molar-refractivity contribution is 0.0539. The summed E-state index contributed by atoms with van der Waals surface area (Å²) in [6.45, 7) is 3.90. The molecule has 1 amide bonds. The van der Waals surface area contributed by atoms with Gasteiger partial charge in [0, 0.05) is 0 Å². The van der Waals surface area contributed by atoms with E-state index in [0.29, 0.717) is 0 Å². The molecule has 93 valence electrons. The third kappa shape index (κ3) is 6.58. The van der Waals surface area contributed by atoms with Crippen LogP contribution in [0.25, 0.3) is 0 Å². The number of carbonyl (C=O) groups excluding carboxylic acids is 1. The van der Waals surface area contributed by atoms with Crippen LogP contribution in [0.2, 0.25) is 0 Å². The lowest BCUT2D eigenvalue weighted by Gasteiger charge is -2.06. The summed E-state index contributed by atoms with van der Waals surface area (Å²) in [5.74, 6) is 0. The minimum Gasteiger partial charge on any atom is -0.443 e. The lowest BCUT2D eigenvalue weighted by atomic mass is 10.2. The Bertz CT molecular complexity index is 314. The maximum atomic E-state index is 11.2. The molecule has 0 aliphatic heterocycles. The van der Waals surface area contributed by atoms with Gasteiger partial charge >= 0.3 is 6.09 Å². The molecule has 0 spiro atoms. The fourth-order valence-corrected chi connectivity index (χ4v) is 1.19. The van der Waals surface area contributed by atoms with Crippen LogP contribution in [0.15, 0.2) is 30.3 Å². The molecule has 4 nitrogen and oxygen atoms in total. The average Bonchev–Trinajstić information content (AvgIpc) is 2.37. The molecule has 0 saturated carbocycles. The predicted molar refractivity (Wildman–Crippen MR) is 64.7 cm³/mol. The molecular weight excluding hydrogens is 218 g/mol. The molecule has 0 bridgehead atoms. The number of rotatable bonds is 7. The van der Waals surface area contributed by atoms with E-state index in [1.807, 2.05) is 30.3 Å². The van der Waals surface area contributed by atoms with Crippen molar-refractivity contribution in [3.05, 3.63) is 42.5 Å². The molecule has 0 atom stereocenters. The smallest absolute Gasteiger partial charge is 0.431 e. The molecular formula is C13H18NO3. The van der Waals surface area contributed by atoms with E-state index in [4.69, 9.17) is 9.57 Å². The number of carbonyl (C=O) groups is 1. The zero-order valence-electron chi connectivity index (χ0n) is 10.0. The summed E-state index contributed by atoms with van der Waals surface area (Å²) in [6, 6.07) is 9.48. The highest BCUT2D eigenvalue weighted by atomic mass is 16.7. The van der Waals surface area contributed by atoms with Crippen LogP contribution in [0, 0.1) is 6.61 Å². The van der Waals surface area contributed by atoms with E-state index in [2.05, 4.69) is 12.4 Å². The van der Waals surface area contributed by atoms with Gasteiger partial charge < -0.3 is 4.74 Å². The van der Waals surface area contributed by atoms with Crippen LogP contribution in [0.3, 0.4) is 0 Å². The Balaban J connectivity index is 2.05. The number of ether oxygens (including phenoxy) is 1. The maximum Gasteiger partial charge on any atom is 0.431 e. The Labute approximate surface area is 102 Å². The molecule has 0 aromatic heterocycles. The highest BCUT2D eigenvalue weighted by Crippen LogP contribution is 2.01. The Hall–Kier alpha value is -1.55. The molecule has 1 aromatic carbocycles. The standard InChI is InChI=1S/C13H18NO3/c1-2-3-7-10-17-14-13(15)16-11-12-8-5-4-6-9-12/h4-6,8-10H,2-3,7,11H2,1H3,(H,14,15). The van der Waals surface area contributed by atoms with Gasteiger partial charge in [0.1, 0.15) is 13.2 Å². The summed E-state index contributed by atoms with van der Waals surface area (Å²) in [5, 5.41) is 0. The molecule has 0 saturated heterocycles. The van der Waals surface area contributed by atoms with Crippen LogP contribution in [0.5, 0.6) is 0 Å². The fraction of sp³-hybridized carbons (Fsp3) is 0.385. The molecule has 1 N–H and O–H groups in total. The van der Waals surface area contributed by atoms with Gasteiger partial charge in [0.05, 0.1) is 0 Å². The zero-order chi connectivity index (χ0) is 12.3. The number of benzene rings is 1. The molecule has 1 radical (unpaired) electrons. The molecule has 0 aliphatic rings. The van der Waals surface area contributed by atoms with Gasteiger partial charge in [-0.3, -0.25) is 4.84 Å². The van der Waals surface area contributed by atoms with Crippen molar-refractivity contribution in [2.75, 3.05) is 0 Å². The number of hydroxylamine groups is 1. The highest BCUT2D eigenvalue weighted by Gasteiger charge is 2.01. The number of nitrogens with one attached hydrogen (secondary N) is 1. The fourth-order valence-electron chi connectivity index (χ4n) is 1.19. The van der Waals surface area contributed by atoms with Crippen molar-refractivity contribution in [3.8, 4) is 0 Å². The molecule has 17 heavy (non-hydrogen) atoms. The van der Waals surface area contributed by atoms with Gasteiger partial charge in [0.15, 0.2) is 0 Å². The molecule has 0 fully saturated rings. The predicted octanol–water partition coefficient (Wildman–Crippen LogP) is 3.20. The SMILES string of the molecule is CCCC[CH]ONC(=O)OCc1ccccc1. The minimum atomic E-state index is -0.582. The van der Waals surface area contributed by atoms with Crippen molar-refractivity contribution < 1.29 is 14.4 Å². The number of unbranched alkanes of at least 4 members (excludes halogenated alkanes) is 2. The first kappa shape index (κ1) is 13.5. The van der Waals surface area contributed by atoms with Gasteiger partial charge in [-0.1, -0.05) is 50.1 Å². The van der Waals surface area contributed by atoms with Crippen LogP contribution in [-0.4, -0.2) is 6.09 Å². The molecule has 4 heteroatoms. The van der Waals surface area contributed by atoms with Crippen LogP contribution >= 0.6 is 0 Å². The van der Waals surface area contributed by atoms with Crippen LogP contribution in [0.1, 0.15) is 31.7 Å². The van der Waals surface area contributed by atoms with Crippen LogP contribution in [-0.2, 0) is 16.2 Å². The van der Waals surface area contributed by atoms with E-state index in [9.17, 15) is 4.79 Å². The quantitative estimate of drug-likeness (QED) is 0.584. The van der Waals surface area contributed by atoms with E-state index in [1.54, 1.807) is 6.61 Å². The van der Waals surface area contributed by atoms with Gasteiger partial charge in [-0.05, 0) is 12.0 Å². The van der Waals surface area contributed by atoms with E-state index in [-0.39, 0.29) is 6.61 Å². The second-order valence-electron chi connectivity index (χ2n) is 3.59. The van der Waals surface area contributed by atoms with Crippen molar-refractivity contribution in [2.45, 2.75) is 32.8 Å². The second kappa shape index (κ2) is 8.58. The van der Waals surface area contributed by atoms with Crippen molar-refractivity contribution >= 4 is 6.09 Å². The van der Waals surface area contributed by atoms with E-state index >= 15 is 0 Å². The maximum absolute atomic E-state index is 11.2. The molecule has 0 heterocycles. The number of amides is 1. The van der Waals surface area contributed by atoms with Crippen molar-refractivity contribution in [1.29, 1.82) is 0 Å². The number of hydrogen-bond donors (Lipinski definition) is 1. The highest BCUT2D eigenvalue weighted by molar-refractivity contribution is 5.65. The van der Waals surface area contributed by atoms with Gasteiger partial charge in [-0.15, -0.1) is 0 Å². The van der Waals surface area contributed by atoms with Gasteiger partial charge in [0.2, 0.25) is 0 Å².